The van der Waals surface area contributed by atoms with Gasteiger partial charge in [-0.15, -0.1) is 0 Å². The molecule has 8 nitrogen and oxygen atoms in total. The van der Waals surface area contributed by atoms with Crippen molar-refractivity contribution in [2.75, 3.05) is 23.7 Å². The van der Waals surface area contributed by atoms with Crippen LogP contribution in [0.4, 0.5) is 11.4 Å². The summed E-state index contributed by atoms with van der Waals surface area (Å²) in [6.45, 7) is 1.82. The molecule has 0 spiro atoms. The van der Waals surface area contributed by atoms with E-state index in [0.29, 0.717) is 16.9 Å². The summed E-state index contributed by atoms with van der Waals surface area (Å²) in [4.78, 5) is 47.9. The topological polar surface area (TPSA) is 104 Å². The van der Waals surface area contributed by atoms with E-state index >= 15 is 0 Å². The number of hydrogen-bond donors (Lipinski definition) is 2. The van der Waals surface area contributed by atoms with E-state index in [2.05, 4.69) is 25.5 Å². The Labute approximate surface area is 200 Å². The molecule has 1 unspecified atom stereocenters. The normalized spacial score (nSPS) is 17.6. The Morgan fingerprint density at radius 2 is 1.76 bits per heavy atom. The van der Waals surface area contributed by atoms with E-state index < -0.39 is 5.25 Å². The first-order chi connectivity index (χ1) is 16.5. The number of likely N-dealkylation sites (tertiary alicyclic amines) is 1. The lowest BCUT2D eigenvalue weighted by molar-refractivity contribution is -0.121. The van der Waals surface area contributed by atoms with Gasteiger partial charge in [0.2, 0.25) is 5.91 Å². The Morgan fingerprint density at radius 3 is 2.56 bits per heavy atom. The molecule has 2 aromatic carbocycles. The first kappa shape index (κ1) is 22.1. The highest BCUT2D eigenvalue weighted by Crippen LogP contribution is 2.29. The Hall–Kier alpha value is -3.72. The van der Waals surface area contributed by atoms with Crippen molar-refractivity contribution in [3.63, 3.8) is 0 Å². The predicted octanol–water partition coefficient (Wildman–Crippen LogP) is 3.91. The molecule has 5 rings (SSSR count). The summed E-state index contributed by atoms with van der Waals surface area (Å²) < 4.78 is 0. The van der Waals surface area contributed by atoms with Crippen LogP contribution in [0.1, 0.15) is 29.6 Å². The number of para-hydroxylation sites is 1. The Bertz CT molecular complexity index is 1290. The molecular weight excluding hydrogens is 450 g/mol. The summed E-state index contributed by atoms with van der Waals surface area (Å²) >= 11 is 1.37. The zero-order valence-corrected chi connectivity index (χ0v) is 19.2. The monoisotopic (exact) mass is 473 g/mol. The average Bonchev–Trinajstić information content (AvgIpc) is 3.50. The quantitative estimate of drug-likeness (QED) is 0.582. The van der Waals surface area contributed by atoms with E-state index in [0.717, 1.165) is 42.0 Å². The summed E-state index contributed by atoms with van der Waals surface area (Å²) in [6, 6.07) is 16.2. The fourth-order valence-corrected chi connectivity index (χ4v) is 5.10. The zero-order valence-electron chi connectivity index (χ0n) is 18.4. The van der Waals surface area contributed by atoms with Crippen LogP contribution in [0.25, 0.3) is 10.9 Å². The predicted molar refractivity (Wildman–Crippen MR) is 134 cm³/mol. The van der Waals surface area contributed by atoms with Gasteiger partial charge in [-0.3, -0.25) is 19.4 Å². The third-order valence-corrected chi connectivity index (χ3v) is 6.97. The Morgan fingerprint density at radius 1 is 1.00 bits per heavy atom. The molecule has 2 aliphatic rings. The van der Waals surface area contributed by atoms with Gasteiger partial charge in [-0.25, -0.2) is 0 Å². The van der Waals surface area contributed by atoms with E-state index in [4.69, 9.17) is 0 Å². The molecule has 0 bridgehead atoms. The molecule has 3 aromatic rings. The first-order valence-electron chi connectivity index (χ1n) is 11.2. The minimum Gasteiger partial charge on any atom is -0.351 e. The SMILES string of the molecule is O=C(CC1SC(N2CCCC2)=NC1=O)Nc1ccc(C(=O)Nc2cnc3ccccc3c2)cc1. The van der Waals surface area contributed by atoms with Crippen molar-refractivity contribution in [1.82, 2.24) is 9.88 Å². The van der Waals surface area contributed by atoms with Crippen LogP contribution >= 0.6 is 11.8 Å². The van der Waals surface area contributed by atoms with Crippen molar-refractivity contribution < 1.29 is 14.4 Å². The number of carbonyl (C=O) groups excluding carboxylic acids is 3. The standard InChI is InChI=1S/C25H23N5O3S/c31-22(14-21-24(33)29-25(34-21)30-11-3-4-12-30)27-18-9-7-16(8-10-18)23(32)28-19-13-17-5-1-2-6-20(17)26-15-19/h1-2,5-10,13,15,21H,3-4,11-12,14H2,(H,27,31)(H,28,32). The number of rotatable bonds is 5. The summed E-state index contributed by atoms with van der Waals surface area (Å²) in [6.07, 6.45) is 3.88. The molecule has 9 heteroatoms. The van der Waals surface area contributed by atoms with Crippen molar-refractivity contribution in [1.29, 1.82) is 0 Å². The maximum absolute atomic E-state index is 12.6. The van der Waals surface area contributed by atoms with Gasteiger partial charge in [0.25, 0.3) is 11.8 Å². The maximum Gasteiger partial charge on any atom is 0.262 e. The van der Waals surface area contributed by atoms with Gasteiger partial charge in [-0.1, -0.05) is 30.0 Å². The van der Waals surface area contributed by atoms with Gasteiger partial charge in [0, 0.05) is 36.1 Å². The van der Waals surface area contributed by atoms with Crippen molar-refractivity contribution in [3.8, 4) is 0 Å². The fourth-order valence-electron chi connectivity index (χ4n) is 3.98. The largest absolute Gasteiger partial charge is 0.351 e. The van der Waals surface area contributed by atoms with Gasteiger partial charge >= 0.3 is 0 Å². The number of fused-ring (bicyclic) bond motifs is 1. The summed E-state index contributed by atoms with van der Waals surface area (Å²) in [5.74, 6) is -0.782. The number of nitrogens with one attached hydrogen (secondary N) is 2. The highest BCUT2D eigenvalue weighted by molar-refractivity contribution is 8.15. The van der Waals surface area contributed by atoms with Gasteiger partial charge in [0.05, 0.1) is 17.4 Å². The Kier molecular flexibility index (Phi) is 6.27. The molecule has 1 aromatic heterocycles. The Balaban J connectivity index is 1.15. The van der Waals surface area contributed by atoms with E-state index in [1.807, 2.05) is 30.3 Å². The number of hydrogen-bond acceptors (Lipinski definition) is 6. The first-order valence-corrected chi connectivity index (χ1v) is 12.0. The molecule has 0 saturated carbocycles. The van der Waals surface area contributed by atoms with Gasteiger partial charge < -0.3 is 15.5 Å². The summed E-state index contributed by atoms with van der Waals surface area (Å²) in [5, 5.41) is 6.83. The van der Waals surface area contributed by atoms with E-state index in [9.17, 15) is 14.4 Å². The summed E-state index contributed by atoms with van der Waals surface area (Å²) in [7, 11) is 0. The lowest BCUT2D eigenvalue weighted by Gasteiger charge is -2.16. The van der Waals surface area contributed by atoms with Crippen LogP contribution < -0.4 is 10.6 Å². The fraction of sp³-hybridized carbons (Fsp3) is 0.240. The molecule has 3 amide bonds. The van der Waals surface area contributed by atoms with Crippen molar-refractivity contribution >= 4 is 56.9 Å². The van der Waals surface area contributed by atoms with Crippen LogP contribution in [0.15, 0.2) is 65.8 Å². The second-order valence-corrected chi connectivity index (χ2v) is 9.40. The number of carbonyl (C=O) groups is 3. The second kappa shape index (κ2) is 9.64. The third kappa shape index (κ3) is 4.94. The van der Waals surface area contributed by atoms with Crippen LogP contribution in [-0.2, 0) is 9.59 Å². The highest BCUT2D eigenvalue weighted by atomic mass is 32.2. The van der Waals surface area contributed by atoms with Crippen LogP contribution in [-0.4, -0.2) is 51.1 Å². The van der Waals surface area contributed by atoms with Crippen molar-refractivity contribution in [2.24, 2.45) is 4.99 Å². The minimum absolute atomic E-state index is 0.0571. The minimum atomic E-state index is -0.490. The molecule has 1 saturated heterocycles. The van der Waals surface area contributed by atoms with Crippen LogP contribution in [0.2, 0.25) is 0 Å². The van der Waals surface area contributed by atoms with Crippen LogP contribution in [0, 0.1) is 0 Å². The van der Waals surface area contributed by atoms with Gasteiger partial charge in [-0.2, -0.15) is 4.99 Å². The molecule has 34 heavy (non-hydrogen) atoms. The number of thioether (sulfide) groups is 1. The van der Waals surface area contributed by atoms with Crippen LogP contribution in [0.3, 0.4) is 0 Å². The molecule has 0 aliphatic carbocycles. The molecular formula is C25H23N5O3S. The molecule has 2 aliphatic heterocycles. The smallest absolute Gasteiger partial charge is 0.262 e. The average molecular weight is 474 g/mol. The van der Waals surface area contributed by atoms with Gasteiger partial charge in [-0.05, 0) is 49.2 Å². The number of benzene rings is 2. The van der Waals surface area contributed by atoms with E-state index in [-0.39, 0.29) is 24.1 Å². The number of pyridine rings is 1. The highest BCUT2D eigenvalue weighted by Gasteiger charge is 2.33. The zero-order chi connectivity index (χ0) is 23.5. The number of anilines is 2. The third-order valence-electron chi connectivity index (χ3n) is 5.76. The van der Waals surface area contributed by atoms with Gasteiger partial charge in [0.15, 0.2) is 5.17 Å². The lowest BCUT2D eigenvalue weighted by atomic mass is 10.1. The lowest BCUT2D eigenvalue weighted by Crippen LogP contribution is -2.25. The summed E-state index contributed by atoms with van der Waals surface area (Å²) in [5.41, 5.74) is 2.48. The number of amides is 3. The van der Waals surface area contributed by atoms with Crippen LogP contribution in [0.5, 0.6) is 0 Å². The van der Waals surface area contributed by atoms with E-state index in [1.54, 1.807) is 30.5 Å². The molecule has 1 fully saturated rings. The van der Waals surface area contributed by atoms with E-state index in [1.165, 1.54) is 11.8 Å². The molecule has 1 atom stereocenters. The maximum atomic E-state index is 12.6. The number of nitrogens with zero attached hydrogens (tertiary/aromatic N) is 3. The number of aromatic nitrogens is 1. The molecule has 0 radical (unpaired) electrons. The van der Waals surface area contributed by atoms with Crippen molar-refractivity contribution in [2.45, 2.75) is 24.5 Å². The van der Waals surface area contributed by atoms with Gasteiger partial charge in [0.1, 0.15) is 5.25 Å². The molecule has 3 heterocycles. The molecule has 172 valence electrons. The van der Waals surface area contributed by atoms with Crippen molar-refractivity contribution in [3.05, 3.63) is 66.4 Å². The second-order valence-electron chi connectivity index (χ2n) is 8.23. The number of aliphatic imine (C=N–C) groups is 1. The molecule has 2 N–H and O–H groups in total. The number of amidine groups is 1.